The SMILES string of the molecule is Brc1ccccc1-c1cnnn1C1CCNC1. The van der Waals surface area contributed by atoms with Crippen LogP contribution < -0.4 is 5.32 Å². The normalized spacial score (nSPS) is 19.7. The van der Waals surface area contributed by atoms with E-state index in [0.29, 0.717) is 6.04 Å². The summed E-state index contributed by atoms with van der Waals surface area (Å²) in [4.78, 5) is 0. The zero-order chi connectivity index (χ0) is 11.7. The van der Waals surface area contributed by atoms with Gasteiger partial charge in [-0.1, -0.05) is 39.3 Å². The zero-order valence-corrected chi connectivity index (χ0v) is 10.9. The highest BCUT2D eigenvalue weighted by Crippen LogP contribution is 2.29. The maximum atomic E-state index is 4.22. The molecule has 1 aliphatic rings. The lowest BCUT2D eigenvalue weighted by Crippen LogP contribution is -2.15. The predicted molar refractivity (Wildman–Crippen MR) is 69.7 cm³/mol. The summed E-state index contributed by atoms with van der Waals surface area (Å²) in [6.07, 6.45) is 2.94. The van der Waals surface area contributed by atoms with E-state index in [1.807, 2.05) is 29.1 Å². The van der Waals surface area contributed by atoms with Crippen molar-refractivity contribution in [1.29, 1.82) is 0 Å². The van der Waals surface area contributed by atoms with Crippen LogP contribution >= 0.6 is 15.9 Å². The first-order valence-corrected chi connectivity index (χ1v) is 6.51. The minimum Gasteiger partial charge on any atom is -0.315 e. The first-order chi connectivity index (χ1) is 8.36. The molecule has 88 valence electrons. The van der Waals surface area contributed by atoms with Gasteiger partial charge in [-0.3, -0.25) is 0 Å². The van der Waals surface area contributed by atoms with Crippen LogP contribution in [0.5, 0.6) is 0 Å². The van der Waals surface area contributed by atoms with E-state index in [9.17, 15) is 0 Å². The largest absolute Gasteiger partial charge is 0.315 e. The molecule has 5 heteroatoms. The number of hydrogen-bond acceptors (Lipinski definition) is 3. The Morgan fingerprint density at radius 1 is 1.35 bits per heavy atom. The molecule has 1 fully saturated rings. The summed E-state index contributed by atoms with van der Waals surface area (Å²) in [5.41, 5.74) is 2.22. The number of rotatable bonds is 2. The van der Waals surface area contributed by atoms with Crippen LogP contribution in [0.3, 0.4) is 0 Å². The van der Waals surface area contributed by atoms with Crippen molar-refractivity contribution < 1.29 is 0 Å². The Hall–Kier alpha value is -1.20. The fourth-order valence-corrected chi connectivity index (χ4v) is 2.71. The highest BCUT2D eigenvalue weighted by molar-refractivity contribution is 9.10. The molecule has 1 saturated heterocycles. The maximum Gasteiger partial charge on any atom is 0.0900 e. The van der Waals surface area contributed by atoms with Crippen LogP contribution in [0.2, 0.25) is 0 Å². The number of nitrogens with zero attached hydrogens (tertiary/aromatic N) is 3. The van der Waals surface area contributed by atoms with E-state index < -0.39 is 0 Å². The molecule has 2 heterocycles. The molecule has 2 aromatic rings. The van der Waals surface area contributed by atoms with Gasteiger partial charge < -0.3 is 5.32 Å². The molecule has 0 amide bonds. The second-order valence-corrected chi connectivity index (χ2v) is 5.04. The van der Waals surface area contributed by atoms with Gasteiger partial charge in [0, 0.05) is 16.6 Å². The average molecular weight is 293 g/mol. The molecule has 0 bridgehead atoms. The van der Waals surface area contributed by atoms with Gasteiger partial charge in [-0.2, -0.15) is 0 Å². The smallest absolute Gasteiger partial charge is 0.0900 e. The highest BCUT2D eigenvalue weighted by Gasteiger charge is 2.21. The van der Waals surface area contributed by atoms with Crippen molar-refractivity contribution in [2.45, 2.75) is 12.5 Å². The summed E-state index contributed by atoms with van der Waals surface area (Å²) in [5.74, 6) is 0. The lowest BCUT2D eigenvalue weighted by Gasteiger charge is -2.13. The molecular formula is C12H13BrN4. The van der Waals surface area contributed by atoms with Crippen LogP contribution in [0.1, 0.15) is 12.5 Å². The van der Waals surface area contributed by atoms with E-state index in [1.165, 1.54) is 0 Å². The van der Waals surface area contributed by atoms with Crippen molar-refractivity contribution in [2.75, 3.05) is 13.1 Å². The van der Waals surface area contributed by atoms with Crippen molar-refractivity contribution in [3.05, 3.63) is 34.9 Å². The van der Waals surface area contributed by atoms with Gasteiger partial charge >= 0.3 is 0 Å². The standard InChI is InChI=1S/C12H13BrN4/c13-11-4-2-1-3-10(11)12-8-15-16-17(12)9-5-6-14-7-9/h1-4,8-9,14H,5-7H2. The average Bonchev–Trinajstić information content (AvgIpc) is 3.00. The number of aromatic nitrogens is 3. The van der Waals surface area contributed by atoms with E-state index in [-0.39, 0.29) is 0 Å². The van der Waals surface area contributed by atoms with Crippen molar-refractivity contribution in [3.63, 3.8) is 0 Å². The molecular weight excluding hydrogens is 280 g/mol. The van der Waals surface area contributed by atoms with Gasteiger partial charge in [0.2, 0.25) is 0 Å². The summed E-state index contributed by atoms with van der Waals surface area (Å²) in [6.45, 7) is 2.03. The number of nitrogens with one attached hydrogen (secondary N) is 1. The fourth-order valence-electron chi connectivity index (χ4n) is 2.22. The Bertz CT molecular complexity index is 517. The predicted octanol–water partition coefficient (Wildman–Crippen LogP) is 2.24. The molecule has 1 N–H and O–H groups in total. The topological polar surface area (TPSA) is 42.7 Å². The van der Waals surface area contributed by atoms with E-state index in [0.717, 1.165) is 35.2 Å². The van der Waals surface area contributed by atoms with Crippen molar-refractivity contribution in [2.24, 2.45) is 0 Å². The Morgan fingerprint density at radius 2 is 2.24 bits per heavy atom. The quantitative estimate of drug-likeness (QED) is 0.923. The van der Waals surface area contributed by atoms with Crippen molar-refractivity contribution in [3.8, 4) is 11.3 Å². The van der Waals surface area contributed by atoms with Gasteiger partial charge in [0.25, 0.3) is 0 Å². The summed E-state index contributed by atoms with van der Waals surface area (Å²) >= 11 is 3.58. The molecule has 1 aliphatic heterocycles. The van der Waals surface area contributed by atoms with Crippen LogP contribution in [0.15, 0.2) is 34.9 Å². The molecule has 4 nitrogen and oxygen atoms in total. The molecule has 1 unspecified atom stereocenters. The van der Waals surface area contributed by atoms with E-state index >= 15 is 0 Å². The molecule has 1 aromatic heterocycles. The molecule has 3 rings (SSSR count). The van der Waals surface area contributed by atoms with Gasteiger partial charge in [-0.05, 0) is 19.0 Å². The molecule has 0 saturated carbocycles. The summed E-state index contributed by atoms with van der Waals surface area (Å²) in [7, 11) is 0. The molecule has 1 atom stereocenters. The lowest BCUT2D eigenvalue weighted by atomic mass is 10.1. The van der Waals surface area contributed by atoms with Crippen LogP contribution in [-0.4, -0.2) is 28.1 Å². The second-order valence-electron chi connectivity index (χ2n) is 4.19. The van der Waals surface area contributed by atoms with Gasteiger partial charge in [-0.15, -0.1) is 5.10 Å². The third-order valence-corrected chi connectivity index (χ3v) is 3.80. The fraction of sp³-hybridized carbons (Fsp3) is 0.333. The zero-order valence-electron chi connectivity index (χ0n) is 9.31. The molecule has 0 radical (unpaired) electrons. The Balaban J connectivity index is 2.04. The monoisotopic (exact) mass is 292 g/mol. The minimum atomic E-state index is 0.416. The first-order valence-electron chi connectivity index (χ1n) is 5.72. The maximum absolute atomic E-state index is 4.22. The third kappa shape index (κ3) is 2.00. The number of hydrogen-bond donors (Lipinski definition) is 1. The summed E-state index contributed by atoms with van der Waals surface area (Å²) in [6, 6.07) is 8.59. The molecule has 0 spiro atoms. The third-order valence-electron chi connectivity index (χ3n) is 3.10. The van der Waals surface area contributed by atoms with Crippen LogP contribution in [0.4, 0.5) is 0 Å². The molecule has 0 aliphatic carbocycles. The van der Waals surface area contributed by atoms with Crippen LogP contribution in [0, 0.1) is 0 Å². The summed E-state index contributed by atoms with van der Waals surface area (Å²) < 4.78 is 3.11. The Kier molecular flexibility index (Phi) is 2.94. The van der Waals surface area contributed by atoms with Gasteiger partial charge in [0.05, 0.1) is 17.9 Å². The first kappa shape index (κ1) is 10.9. The lowest BCUT2D eigenvalue weighted by molar-refractivity contribution is 0.480. The van der Waals surface area contributed by atoms with Crippen LogP contribution in [0.25, 0.3) is 11.3 Å². The van der Waals surface area contributed by atoms with E-state index in [1.54, 1.807) is 0 Å². The van der Waals surface area contributed by atoms with Gasteiger partial charge in [-0.25, -0.2) is 4.68 Å². The van der Waals surface area contributed by atoms with Crippen LogP contribution in [-0.2, 0) is 0 Å². The van der Waals surface area contributed by atoms with Gasteiger partial charge in [0.15, 0.2) is 0 Å². The van der Waals surface area contributed by atoms with E-state index in [4.69, 9.17) is 0 Å². The second kappa shape index (κ2) is 4.58. The number of halogens is 1. The Morgan fingerprint density at radius 3 is 3.00 bits per heavy atom. The minimum absolute atomic E-state index is 0.416. The van der Waals surface area contributed by atoms with Crippen molar-refractivity contribution in [1.82, 2.24) is 20.3 Å². The van der Waals surface area contributed by atoms with E-state index in [2.05, 4.69) is 37.6 Å². The summed E-state index contributed by atoms with van der Waals surface area (Å²) in [5, 5.41) is 11.6. The number of benzene rings is 1. The Labute approximate surface area is 108 Å². The molecule has 17 heavy (non-hydrogen) atoms. The van der Waals surface area contributed by atoms with Crippen molar-refractivity contribution >= 4 is 15.9 Å². The highest BCUT2D eigenvalue weighted by atomic mass is 79.9. The molecule has 1 aromatic carbocycles. The van der Waals surface area contributed by atoms with Gasteiger partial charge in [0.1, 0.15) is 0 Å².